The highest BCUT2D eigenvalue weighted by molar-refractivity contribution is 4.70. The summed E-state index contributed by atoms with van der Waals surface area (Å²) in [6.45, 7) is 16.3. The van der Waals surface area contributed by atoms with Gasteiger partial charge in [-0.25, -0.2) is 0 Å². The highest BCUT2D eigenvalue weighted by Gasteiger charge is 2.10. The fourth-order valence-corrected chi connectivity index (χ4v) is 10.7. The van der Waals surface area contributed by atoms with Crippen molar-refractivity contribution in [3.8, 4) is 0 Å². The lowest BCUT2D eigenvalue weighted by Crippen LogP contribution is -2.32. The van der Waals surface area contributed by atoms with Gasteiger partial charge < -0.3 is 21.3 Å². The zero-order chi connectivity index (χ0) is 49.0. The van der Waals surface area contributed by atoms with Crippen LogP contribution in [-0.2, 0) is 0 Å². The van der Waals surface area contributed by atoms with Crippen LogP contribution < -0.4 is 21.3 Å². The van der Waals surface area contributed by atoms with Gasteiger partial charge >= 0.3 is 0 Å². The van der Waals surface area contributed by atoms with Gasteiger partial charge in [0.15, 0.2) is 0 Å². The third kappa shape index (κ3) is 58.4. The van der Waals surface area contributed by atoms with Crippen molar-refractivity contribution in [1.29, 1.82) is 0 Å². The second-order valence-electron chi connectivity index (χ2n) is 22.5. The highest BCUT2D eigenvalue weighted by Crippen LogP contribution is 2.19. The van der Waals surface area contributed by atoms with E-state index in [4.69, 9.17) is 0 Å². The van der Waals surface area contributed by atoms with Gasteiger partial charge in [0.05, 0.1) is 0 Å². The lowest BCUT2D eigenvalue weighted by atomic mass is 9.99. The summed E-state index contributed by atoms with van der Waals surface area (Å²) in [6, 6.07) is 1.48. The Morgan fingerprint density at radius 1 is 0.176 bits per heavy atom. The van der Waals surface area contributed by atoms with E-state index in [1.54, 1.807) is 0 Å². The van der Waals surface area contributed by atoms with Crippen LogP contribution in [0.25, 0.3) is 0 Å². The first-order chi connectivity index (χ1) is 33.8. The molecule has 0 spiro atoms. The van der Waals surface area contributed by atoms with Crippen molar-refractivity contribution in [3.05, 3.63) is 0 Å². The van der Waals surface area contributed by atoms with Crippen molar-refractivity contribution in [1.82, 2.24) is 21.3 Å². The molecule has 0 aliphatic carbocycles. The molecule has 410 valence electrons. The summed E-state index contributed by atoms with van der Waals surface area (Å²) < 4.78 is 0. The van der Waals surface area contributed by atoms with Crippen LogP contribution in [0, 0.1) is 0 Å². The van der Waals surface area contributed by atoms with E-state index in [-0.39, 0.29) is 0 Å². The van der Waals surface area contributed by atoms with E-state index in [0.717, 1.165) is 25.2 Å². The van der Waals surface area contributed by atoms with Gasteiger partial charge in [-0.15, -0.1) is 0 Å². The van der Waals surface area contributed by atoms with Crippen LogP contribution in [0.3, 0.4) is 0 Å². The zero-order valence-corrected chi connectivity index (χ0v) is 48.2. The quantitative estimate of drug-likeness (QED) is 0.0459. The number of rotatable bonds is 63. The average Bonchev–Trinajstić information content (AvgIpc) is 3.35. The Morgan fingerprint density at radius 2 is 0.353 bits per heavy atom. The van der Waals surface area contributed by atoms with E-state index in [0.29, 0.717) is 0 Å². The lowest BCUT2D eigenvalue weighted by molar-refractivity contribution is 0.405. The smallest absolute Gasteiger partial charge is 0.00670 e. The summed E-state index contributed by atoms with van der Waals surface area (Å²) in [7, 11) is 0. The van der Waals surface area contributed by atoms with Crippen molar-refractivity contribution in [3.63, 3.8) is 0 Å². The predicted molar refractivity (Wildman–Crippen MR) is 312 cm³/mol. The first kappa shape index (κ1) is 67.8. The van der Waals surface area contributed by atoms with Gasteiger partial charge in [0.1, 0.15) is 0 Å². The SMILES string of the molecule is CCCCCCCCCCCCCC(CCCCCCCCCCCCC)NCCCNCCCCNCCCNC(CCCCCCCCCCCCC)CCCCCCCCCCCCC. The topological polar surface area (TPSA) is 48.1 Å². The van der Waals surface area contributed by atoms with E-state index in [9.17, 15) is 0 Å². The third-order valence-corrected chi connectivity index (χ3v) is 15.5. The summed E-state index contributed by atoms with van der Waals surface area (Å²) in [4.78, 5) is 0. The van der Waals surface area contributed by atoms with Crippen molar-refractivity contribution < 1.29 is 0 Å². The normalized spacial score (nSPS) is 11.9. The second-order valence-corrected chi connectivity index (χ2v) is 22.5. The van der Waals surface area contributed by atoms with E-state index < -0.39 is 0 Å². The molecule has 0 aromatic rings. The molecule has 0 radical (unpaired) electrons. The van der Waals surface area contributed by atoms with Crippen molar-refractivity contribution in [2.75, 3.05) is 39.3 Å². The van der Waals surface area contributed by atoms with E-state index in [1.165, 1.54) is 360 Å². The van der Waals surface area contributed by atoms with Crippen molar-refractivity contribution in [2.24, 2.45) is 0 Å². The van der Waals surface area contributed by atoms with E-state index >= 15 is 0 Å². The van der Waals surface area contributed by atoms with Crippen LogP contribution in [0.15, 0.2) is 0 Å². The van der Waals surface area contributed by atoms with Gasteiger partial charge in [0, 0.05) is 12.1 Å². The number of unbranched alkanes of at least 4 members (excludes halogenated alkanes) is 41. The van der Waals surface area contributed by atoms with Crippen molar-refractivity contribution in [2.45, 2.75) is 374 Å². The lowest BCUT2D eigenvalue weighted by Gasteiger charge is -2.19. The van der Waals surface area contributed by atoms with Gasteiger partial charge in [0.25, 0.3) is 0 Å². The van der Waals surface area contributed by atoms with Gasteiger partial charge in [-0.05, 0) is 90.6 Å². The van der Waals surface area contributed by atoms with Crippen LogP contribution in [-0.4, -0.2) is 51.4 Å². The molecule has 0 saturated carbocycles. The Hall–Kier alpha value is -0.160. The summed E-state index contributed by atoms with van der Waals surface area (Å²) in [5.74, 6) is 0. The maximum atomic E-state index is 4.03. The predicted octanol–water partition coefficient (Wildman–Crippen LogP) is 20.4. The molecule has 0 aromatic heterocycles. The molecule has 0 saturated heterocycles. The Kier molecular flexibility index (Phi) is 62.8. The summed E-state index contributed by atoms with van der Waals surface area (Å²) in [5, 5.41) is 15.6. The molecule has 0 amide bonds. The largest absolute Gasteiger partial charge is 0.317 e. The summed E-state index contributed by atoms with van der Waals surface area (Å²) in [6.07, 6.45) is 74.3. The Bertz CT molecular complexity index is 730. The molecule has 0 bridgehead atoms. The minimum Gasteiger partial charge on any atom is -0.317 e. The highest BCUT2D eigenvalue weighted by atomic mass is 14.9. The van der Waals surface area contributed by atoms with Crippen LogP contribution >= 0.6 is 0 Å². The number of nitrogens with one attached hydrogen (secondary N) is 4. The van der Waals surface area contributed by atoms with Crippen LogP contribution in [0.2, 0.25) is 0 Å². The molecule has 0 aliphatic rings. The van der Waals surface area contributed by atoms with E-state index in [2.05, 4.69) is 49.0 Å². The third-order valence-electron chi connectivity index (χ3n) is 15.5. The molecule has 4 nitrogen and oxygen atoms in total. The first-order valence-electron chi connectivity index (χ1n) is 32.7. The fourth-order valence-electron chi connectivity index (χ4n) is 10.7. The molecule has 0 unspecified atom stereocenters. The van der Waals surface area contributed by atoms with Crippen molar-refractivity contribution >= 4 is 0 Å². The molecule has 4 N–H and O–H groups in total. The maximum absolute atomic E-state index is 4.03. The van der Waals surface area contributed by atoms with E-state index in [1.807, 2.05) is 0 Å². The maximum Gasteiger partial charge on any atom is 0.00670 e. The molecular weight excluding hydrogens is 825 g/mol. The molecule has 0 fully saturated rings. The first-order valence-corrected chi connectivity index (χ1v) is 32.7. The van der Waals surface area contributed by atoms with Crippen LogP contribution in [0.4, 0.5) is 0 Å². The molecule has 4 heteroatoms. The summed E-state index contributed by atoms with van der Waals surface area (Å²) in [5.41, 5.74) is 0. The molecule has 68 heavy (non-hydrogen) atoms. The molecular formula is C64H134N4. The van der Waals surface area contributed by atoms with Gasteiger partial charge in [-0.2, -0.15) is 0 Å². The van der Waals surface area contributed by atoms with Gasteiger partial charge in [-0.1, -0.05) is 310 Å². The molecule has 0 rings (SSSR count). The van der Waals surface area contributed by atoms with Gasteiger partial charge in [0.2, 0.25) is 0 Å². The minimum absolute atomic E-state index is 0.739. The number of hydrogen-bond acceptors (Lipinski definition) is 4. The monoisotopic (exact) mass is 959 g/mol. The molecule has 0 aliphatic heterocycles. The van der Waals surface area contributed by atoms with Crippen LogP contribution in [0.1, 0.15) is 362 Å². The number of hydrogen-bond donors (Lipinski definition) is 4. The zero-order valence-electron chi connectivity index (χ0n) is 48.2. The second kappa shape index (κ2) is 63.0. The Labute approximate surface area is 432 Å². The Morgan fingerprint density at radius 3 is 0.559 bits per heavy atom. The molecule has 0 atom stereocenters. The average molecular weight is 960 g/mol. The fraction of sp³-hybridized carbons (Fsp3) is 1.00. The minimum atomic E-state index is 0.739. The Balaban J connectivity index is 4.20. The van der Waals surface area contributed by atoms with Crippen LogP contribution in [0.5, 0.6) is 0 Å². The summed E-state index contributed by atoms with van der Waals surface area (Å²) >= 11 is 0. The molecule has 0 aromatic carbocycles. The molecule has 0 heterocycles. The standard InChI is InChI=1S/C64H134N4/c1-5-9-13-17-21-25-29-33-37-41-45-53-63(54-46-42-38-34-30-26-22-18-14-10-6-2)67-61-51-59-65-57-49-50-58-66-60-52-62-68-64(55-47-43-39-35-31-27-23-19-15-11-7-3)56-48-44-40-36-32-28-24-20-16-12-8-4/h63-68H,5-62H2,1-4H3. The van der Waals surface area contributed by atoms with Gasteiger partial charge in [-0.3, -0.25) is 0 Å².